The van der Waals surface area contributed by atoms with Crippen molar-refractivity contribution in [2.75, 3.05) is 5.32 Å². The standard InChI is InChI=1S/C18H17ClF3N3O3S/c1-9(2)12(19)15(27)24-13(16(28)25-17-23-6-7-29-17)14(26)10-4-3-5-11(8-10)18(20,21)22/h3-9,12-13H,1-2H3,(H,24,27)(H,23,25,28). The van der Waals surface area contributed by atoms with E-state index in [9.17, 15) is 27.6 Å². The lowest BCUT2D eigenvalue weighted by molar-refractivity contribution is -0.137. The minimum absolute atomic E-state index is 0.164. The van der Waals surface area contributed by atoms with Crippen LogP contribution in [0.15, 0.2) is 35.8 Å². The van der Waals surface area contributed by atoms with E-state index < -0.39 is 40.8 Å². The average molecular weight is 448 g/mol. The molecule has 29 heavy (non-hydrogen) atoms. The molecule has 0 bridgehead atoms. The van der Waals surface area contributed by atoms with Crippen LogP contribution in [0.25, 0.3) is 0 Å². The summed E-state index contributed by atoms with van der Waals surface area (Å²) in [5, 5.41) is 5.29. The summed E-state index contributed by atoms with van der Waals surface area (Å²) >= 11 is 7.05. The third-order valence-electron chi connectivity index (χ3n) is 3.78. The van der Waals surface area contributed by atoms with E-state index >= 15 is 0 Å². The van der Waals surface area contributed by atoms with Crippen LogP contribution < -0.4 is 10.6 Å². The van der Waals surface area contributed by atoms with Gasteiger partial charge in [0.2, 0.25) is 5.91 Å². The predicted octanol–water partition coefficient (Wildman–Crippen LogP) is 3.73. The summed E-state index contributed by atoms with van der Waals surface area (Å²) in [4.78, 5) is 41.6. The van der Waals surface area contributed by atoms with Crippen LogP contribution >= 0.6 is 22.9 Å². The SMILES string of the molecule is CC(C)C(Cl)C(=O)NC(C(=O)Nc1nccs1)C(=O)c1cccc(C(F)(F)F)c1. The highest BCUT2D eigenvalue weighted by Crippen LogP contribution is 2.29. The maximum absolute atomic E-state index is 13.0. The number of nitrogens with zero attached hydrogens (tertiary/aromatic N) is 1. The Morgan fingerprint density at radius 2 is 1.86 bits per heavy atom. The molecule has 6 nitrogen and oxygen atoms in total. The molecule has 0 aliphatic heterocycles. The van der Waals surface area contributed by atoms with Crippen LogP contribution in [0.4, 0.5) is 18.3 Å². The van der Waals surface area contributed by atoms with Gasteiger partial charge in [0.25, 0.3) is 5.91 Å². The molecular weight excluding hydrogens is 431 g/mol. The summed E-state index contributed by atoms with van der Waals surface area (Å²) in [5.41, 5.74) is -1.43. The van der Waals surface area contributed by atoms with E-state index in [2.05, 4.69) is 15.6 Å². The van der Waals surface area contributed by atoms with Crippen LogP contribution in [-0.2, 0) is 15.8 Å². The number of Topliss-reactive ketones (excluding diaryl/α,β-unsaturated/α-hetero) is 1. The second kappa shape index (κ2) is 9.36. The van der Waals surface area contributed by atoms with Gasteiger partial charge in [0.05, 0.1) is 5.56 Å². The fraction of sp³-hybridized carbons (Fsp3) is 0.333. The zero-order chi connectivity index (χ0) is 21.8. The van der Waals surface area contributed by atoms with E-state index in [1.54, 1.807) is 19.2 Å². The molecule has 2 unspecified atom stereocenters. The molecule has 0 fully saturated rings. The summed E-state index contributed by atoms with van der Waals surface area (Å²) in [5.74, 6) is -3.04. The number of amides is 2. The molecule has 1 aromatic heterocycles. The molecule has 0 aliphatic carbocycles. The smallest absolute Gasteiger partial charge is 0.337 e. The van der Waals surface area contributed by atoms with Crippen LogP contribution in [0, 0.1) is 5.92 Å². The van der Waals surface area contributed by atoms with Crippen LogP contribution in [0.2, 0.25) is 0 Å². The van der Waals surface area contributed by atoms with Gasteiger partial charge in [-0.1, -0.05) is 26.0 Å². The van der Waals surface area contributed by atoms with Gasteiger partial charge in [-0.25, -0.2) is 4.98 Å². The molecule has 2 rings (SSSR count). The Hall–Kier alpha value is -2.46. The number of nitrogens with one attached hydrogen (secondary N) is 2. The van der Waals surface area contributed by atoms with Gasteiger partial charge in [-0.3, -0.25) is 19.7 Å². The van der Waals surface area contributed by atoms with Crippen LogP contribution in [0.1, 0.15) is 29.8 Å². The van der Waals surface area contributed by atoms with Crippen molar-refractivity contribution >= 4 is 45.7 Å². The van der Waals surface area contributed by atoms with E-state index in [0.717, 1.165) is 29.5 Å². The first-order chi connectivity index (χ1) is 13.5. The Bertz CT molecular complexity index is 888. The number of ketones is 1. The fourth-order valence-electron chi connectivity index (χ4n) is 2.25. The summed E-state index contributed by atoms with van der Waals surface area (Å²) in [7, 11) is 0. The average Bonchev–Trinajstić information content (AvgIpc) is 3.16. The number of carbonyl (C=O) groups is 3. The molecule has 2 amide bonds. The van der Waals surface area contributed by atoms with E-state index in [1.807, 2.05) is 0 Å². The van der Waals surface area contributed by atoms with Gasteiger partial charge in [0.15, 0.2) is 17.0 Å². The van der Waals surface area contributed by atoms with Crippen molar-refractivity contribution in [2.24, 2.45) is 5.92 Å². The van der Waals surface area contributed by atoms with Gasteiger partial charge in [-0.2, -0.15) is 13.2 Å². The third kappa shape index (κ3) is 6.01. The highest BCUT2D eigenvalue weighted by atomic mass is 35.5. The normalized spacial score (nSPS) is 13.6. The van der Waals surface area contributed by atoms with Crippen LogP contribution in [0.5, 0.6) is 0 Å². The van der Waals surface area contributed by atoms with E-state index in [-0.39, 0.29) is 16.6 Å². The van der Waals surface area contributed by atoms with Crippen LogP contribution in [-0.4, -0.2) is 34.0 Å². The zero-order valence-electron chi connectivity index (χ0n) is 15.3. The van der Waals surface area contributed by atoms with Crippen molar-refractivity contribution in [3.63, 3.8) is 0 Å². The summed E-state index contributed by atoms with van der Waals surface area (Å²) < 4.78 is 38.9. The number of anilines is 1. The molecular formula is C18H17ClF3N3O3S. The highest BCUT2D eigenvalue weighted by Gasteiger charge is 2.35. The van der Waals surface area contributed by atoms with E-state index in [0.29, 0.717) is 6.07 Å². The molecule has 0 saturated carbocycles. The topological polar surface area (TPSA) is 88.2 Å². The van der Waals surface area contributed by atoms with Gasteiger partial charge in [-0.05, 0) is 18.1 Å². The van der Waals surface area contributed by atoms with E-state index in [4.69, 9.17) is 11.6 Å². The highest BCUT2D eigenvalue weighted by molar-refractivity contribution is 7.13. The van der Waals surface area contributed by atoms with E-state index in [1.165, 1.54) is 6.20 Å². The molecule has 1 heterocycles. The minimum atomic E-state index is -4.67. The number of halogens is 4. The number of benzene rings is 1. The molecule has 2 atom stereocenters. The maximum atomic E-state index is 13.0. The van der Waals surface area contributed by atoms with Gasteiger partial charge >= 0.3 is 6.18 Å². The number of aromatic nitrogens is 1. The van der Waals surface area contributed by atoms with Crippen molar-refractivity contribution in [1.29, 1.82) is 0 Å². The lowest BCUT2D eigenvalue weighted by Crippen LogP contribution is -2.51. The summed E-state index contributed by atoms with van der Waals surface area (Å²) in [6.45, 7) is 3.33. The Morgan fingerprint density at radius 1 is 1.17 bits per heavy atom. The van der Waals surface area contributed by atoms with Gasteiger partial charge < -0.3 is 5.32 Å². The van der Waals surface area contributed by atoms with Gasteiger partial charge in [0.1, 0.15) is 5.38 Å². The lowest BCUT2D eigenvalue weighted by Gasteiger charge is -2.20. The molecule has 0 radical (unpaired) electrons. The molecule has 156 valence electrons. The summed E-state index contributed by atoms with van der Waals surface area (Å²) in [6, 6.07) is 1.82. The second-order valence-corrected chi connectivity index (χ2v) is 7.72. The second-order valence-electron chi connectivity index (χ2n) is 6.36. The molecule has 0 saturated heterocycles. The van der Waals surface area contributed by atoms with Crippen molar-refractivity contribution in [2.45, 2.75) is 31.4 Å². The molecule has 0 aliphatic rings. The predicted molar refractivity (Wildman–Crippen MR) is 103 cm³/mol. The summed E-state index contributed by atoms with van der Waals surface area (Å²) in [6.07, 6.45) is -3.26. The Balaban J connectivity index is 2.34. The molecule has 1 aromatic carbocycles. The molecule has 2 N–H and O–H groups in total. The lowest BCUT2D eigenvalue weighted by atomic mass is 10.0. The maximum Gasteiger partial charge on any atom is 0.416 e. The number of carbonyl (C=O) groups excluding carboxylic acids is 3. The van der Waals surface area contributed by atoms with Gasteiger partial charge in [-0.15, -0.1) is 22.9 Å². The van der Waals surface area contributed by atoms with Gasteiger partial charge in [0, 0.05) is 17.1 Å². The first-order valence-electron chi connectivity index (χ1n) is 8.37. The monoisotopic (exact) mass is 447 g/mol. The number of hydrogen-bond acceptors (Lipinski definition) is 5. The molecule has 2 aromatic rings. The number of hydrogen-bond donors (Lipinski definition) is 2. The van der Waals surface area contributed by atoms with Crippen molar-refractivity contribution in [3.05, 3.63) is 47.0 Å². The zero-order valence-corrected chi connectivity index (χ0v) is 16.9. The Morgan fingerprint density at radius 3 is 2.41 bits per heavy atom. The van der Waals surface area contributed by atoms with Crippen molar-refractivity contribution in [1.82, 2.24) is 10.3 Å². The molecule has 0 spiro atoms. The fourth-order valence-corrected chi connectivity index (χ4v) is 2.85. The van der Waals surface area contributed by atoms with Crippen molar-refractivity contribution < 1.29 is 27.6 Å². The Labute approximate surface area is 173 Å². The molecule has 11 heteroatoms. The largest absolute Gasteiger partial charge is 0.416 e. The third-order valence-corrected chi connectivity index (χ3v) is 5.17. The first-order valence-corrected chi connectivity index (χ1v) is 9.68. The number of alkyl halides is 4. The number of thiazole rings is 1. The van der Waals surface area contributed by atoms with Crippen molar-refractivity contribution in [3.8, 4) is 0 Å². The minimum Gasteiger partial charge on any atom is -0.337 e. The Kier molecular flexibility index (Phi) is 7.37. The first kappa shape index (κ1) is 22.8. The number of rotatable bonds is 7. The van der Waals surface area contributed by atoms with Crippen LogP contribution in [0.3, 0.4) is 0 Å². The quantitative estimate of drug-likeness (QED) is 0.384.